The van der Waals surface area contributed by atoms with Crippen molar-refractivity contribution in [2.45, 2.75) is 62.6 Å². The number of nitrogens with one attached hydrogen (secondary N) is 1. The van der Waals surface area contributed by atoms with Crippen LogP contribution in [-0.2, 0) is 11.3 Å². The lowest BCUT2D eigenvalue weighted by atomic mass is 9.84. The first-order chi connectivity index (χ1) is 12.6. The molecule has 8 nitrogen and oxygen atoms in total. The van der Waals surface area contributed by atoms with Gasteiger partial charge in [0, 0.05) is 6.04 Å². The van der Waals surface area contributed by atoms with E-state index in [2.05, 4.69) is 32.5 Å². The van der Waals surface area contributed by atoms with Gasteiger partial charge in [0.05, 0.1) is 5.25 Å². The van der Waals surface area contributed by atoms with Crippen molar-refractivity contribution in [1.82, 2.24) is 30.3 Å². The Morgan fingerprint density at radius 2 is 2.27 bits per heavy atom. The zero-order valence-corrected chi connectivity index (χ0v) is 15.9. The standard InChI is InChI=1S/C17H24N6O2S/c1-10(14-6-12-3-4-13(14)5-12)20-16(24)11(2)26-17-22-21-15(25-17)7-23-9-18-8-19-23/h8-14H,3-7H2,1-2H3,(H,20,24). The molecule has 0 aromatic carbocycles. The van der Waals surface area contributed by atoms with E-state index in [9.17, 15) is 4.79 Å². The highest BCUT2D eigenvalue weighted by Gasteiger charge is 2.42. The third-order valence-electron chi connectivity index (χ3n) is 5.66. The fourth-order valence-electron chi connectivity index (χ4n) is 4.36. The van der Waals surface area contributed by atoms with Crippen LogP contribution < -0.4 is 5.32 Å². The van der Waals surface area contributed by atoms with Crippen molar-refractivity contribution >= 4 is 17.7 Å². The van der Waals surface area contributed by atoms with Crippen LogP contribution >= 0.6 is 11.8 Å². The summed E-state index contributed by atoms with van der Waals surface area (Å²) in [6, 6.07) is 0.228. The fourth-order valence-corrected chi connectivity index (χ4v) is 5.07. The van der Waals surface area contributed by atoms with Crippen molar-refractivity contribution in [3.05, 3.63) is 18.5 Å². The summed E-state index contributed by atoms with van der Waals surface area (Å²) in [5, 5.41) is 15.3. The number of aromatic nitrogens is 5. The molecule has 0 radical (unpaired) electrons. The molecule has 2 aliphatic rings. The largest absolute Gasteiger partial charge is 0.414 e. The Hall–Kier alpha value is -1.90. The van der Waals surface area contributed by atoms with Crippen molar-refractivity contribution in [1.29, 1.82) is 0 Å². The molecule has 2 heterocycles. The first-order valence-electron chi connectivity index (χ1n) is 9.20. The van der Waals surface area contributed by atoms with Crippen LogP contribution in [0.5, 0.6) is 0 Å². The molecule has 2 saturated carbocycles. The van der Waals surface area contributed by atoms with E-state index in [0.717, 1.165) is 11.8 Å². The summed E-state index contributed by atoms with van der Waals surface area (Å²) >= 11 is 1.29. The molecular formula is C17H24N6O2S. The van der Waals surface area contributed by atoms with Crippen LogP contribution in [0.3, 0.4) is 0 Å². The molecule has 1 N–H and O–H groups in total. The summed E-state index contributed by atoms with van der Waals surface area (Å²) in [6.45, 7) is 4.38. The number of carbonyl (C=O) groups excluding carboxylic acids is 1. The maximum absolute atomic E-state index is 12.5. The Bertz CT molecular complexity index is 748. The van der Waals surface area contributed by atoms with Gasteiger partial charge in [0.1, 0.15) is 19.2 Å². The van der Waals surface area contributed by atoms with Crippen molar-refractivity contribution in [2.75, 3.05) is 0 Å². The molecule has 5 unspecified atom stereocenters. The van der Waals surface area contributed by atoms with Gasteiger partial charge in [-0.3, -0.25) is 4.79 Å². The molecule has 140 valence electrons. The summed E-state index contributed by atoms with van der Waals surface area (Å²) in [6.07, 6.45) is 8.37. The minimum Gasteiger partial charge on any atom is -0.414 e. The van der Waals surface area contributed by atoms with E-state index >= 15 is 0 Å². The monoisotopic (exact) mass is 376 g/mol. The summed E-state index contributed by atoms with van der Waals surface area (Å²) in [5.41, 5.74) is 0. The number of rotatable bonds is 7. The predicted molar refractivity (Wildman–Crippen MR) is 95.3 cm³/mol. The molecule has 2 aromatic heterocycles. The second kappa shape index (κ2) is 7.38. The summed E-state index contributed by atoms with van der Waals surface area (Å²) < 4.78 is 7.20. The zero-order valence-electron chi connectivity index (χ0n) is 15.0. The van der Waals surface area contributed by atoms with E-state index in [0.29, 0.717) is 23.6 Å². The van der Waals surface area contributed by atoms with Gasteiger partial charge in [-0.05, 0) is 50.9 Å². The molecule has 0 spiro atoms. The highest BCUT2D eigenvalue weighted by molar-refractivity contribution is 8.00. The first kappa shape index (κ1) is 17.5. The molecule has 0 aliphatic heterocycles. The third-order valence-corrected chi connectivity index (χ3v) is 6.60. The van der Waals surface area contributed by atoms with E-state index < -0.39 is 0 Å². The van der Waals surface area contributed by atoms with Gasteiger partial charge < -0.3 is 9.73 Å². The Balaban J connectivity index is 1.28. The lowest BCUT2D eigenvalue weighted by molar-refractivity contribution is -0.121. The number of fused-ring (bicyclic) bond motifs is 2. The normalized spacial score (nSPS) is 26.8. The molecule has 4 rings (SSSR count). The average molecular weight is 376 g/mol. The topological polar surface area (TPSA) is 98.7 Å². The van der Waals surface area contributed by atoms with Gasteiger partial charge in [-0.1, -0.05) is 18.2 Å². The van der Waals surface area contributed by atoms with Crippen LogP contribution in [0.1, 0.15) is 45.4 Å². The van der Waals surface area contributed by atoms with Gasteiger partial charge in [-0.15, -0.1) is 10.2 Å². The average Bonchev–Trinajstić information content (AvgIpc) is 3.40. The van der Waals surface area contributed by atoms with E-state index in [4.69, 9.17) is 4.42 Å². The summed E-state index contributed by atoms with van der Waals surface area (Å²) in [4.78, 5) is 16.4. The molecule has 1 amide bonds. The predicted octanol–water partition coefficient (Wildman–Crippen LogP) is 2.13. The van der Waals surface area contributed by atoms with Crippen molar-refractivity contribution < 1.29 is 9.21 Å². The van der Waals surface area contributed by atoms with Crippen LogP contribution in [0.4, 0.5) is 0 Å². The molecule has 5 atom stereocenters. The van der Waals surface area contributed by atoms with Gasteiger partial charge in [0.15, 0.2) is 0 Å². The van der Waals surface area contributed by atoms with Crippen LogP contribution in [0.15, 0.2) is 22.3 Å². The van der Waals surface area contributed by atoms with Gasteiger partial charge in [-0.2, -0.15) is 5.10 Å². The van der Waals surface area contributed by atoms with Crippen molar-refractivity contribution in [2.24, 2.45) is 17.8 Å². The molecule has 2 aliphatic carbocycles. The number of carbonyl (C=O) groups is 1. The molecular weight excluding hydrogens is 352 g/mol. The number of amides is 1. The van der Waals surface area contributed by atoms with Crippen molar-refractivity contribution in [3.8, 4) is 0 Å². The van der Waals surface area contributed by atoms with E-state index in [-0.39, 0.29) is 17.2 Å². The van der Waals surface area contributed by atoms with Gasteiger partial charge in [0.25, 0.3) is 5.22 Å². The lowest BCUT2D eigenvalue weighted by Gasteiger charge is -2.29. The Morgan fingerprint density at radius 3 is 2.96 bits per heavy atom. The lowest BCUT2D eigenvalue weighted by Crippen LogP contribution is -2.43. The summed E-state index contributed by atoms with van der Waals surface area (Å²) in [7, 11) is 0. The highest BCUT2D eigenvalue weighted by atomic mass is 32.2. The second-order valence-electron chi connectivity index (χ2n) is 7.45. The van der Waals surface area contributed by atoms with Crippen molar-refractivity contribution in [3.63, 3.8) is 0 Å². The van der Waals surface area contributed by atoms with Gasteiger partial charge >= 0.3 is 0 Å². The first-order valence-corrected chi connectivity index (χ1v) is 10.1. The third kappa shape index (κ3) is 3.77. The van der Waals surface area contributed by atoms with Gasteiger partial charge in [0.2, 0.25) is 11.8 Å². The minimum absolute atomic E-state index is 0.0290. The maximum Gasteiger partial charge on any atom is 0.277 e. The summed E-state index contributed by atoms with van der Waals surface area (Å²) in [5.74, 6) is 2.79. The molecule has 26 heavy (non-hydrogen) atoms. The molecule has 0 saturated heterocycles. The zero-order chi connectivity index (χ0) is 18.1. The van der Waals surface area contributed by atoms with Gasteiger partial charge in [-0.25, -0.2) is 9.67 Å². The number of nitrogens with zero attached hydrogens (tertiary/aromatic N) is 5. The quantitative estimate of drug-likeness (QED) is 0.739. The number of thioether (sulfide) groups is 1. The fraction of sp³-hybridized carbons (Fsp3) is 0.706. The Kier molecular flexibility index (Phi) is 4.97. The minimum atomic E-state index is -0.282. The van der Waals surface area contributed by atoms with Crippen LogP contribution in [-0.4, -0.2) is 42.2 Å². The van der Waals surface area contributed by atoms with E-state index in [1.807, 2.05) is 6.92 Å². The maximum atomic E-state index is 12.5. The molecule has 2 bridgehead atoms. The molecule has 2 aromatic rings. The van der Waals surface area contributed by atoms with E-state index in [1.54, 1.807) is 11.0 Å². The smallest absolute Gasteiger partial charge is 0.277 e. The van der Waals surface area contributed by atoms with Crippen LogP contribution in [0.25, 0.3) is 0 Å². The van der Waals surface area contributed by atoms with E-state index in [1.165, 1.54) is 43.8 Å². The SMILES string of the molecule is CC(Sc1nnc(Cn2cncn2)o1)C(=O)NC(C)C1CC2CCC1C2. The highest BCUT2D eigenvalue weighted by Crippen LogP contribution is 2.49. The Labute approximate surface area is 156 Å². The molecule has 2 fully saturated rings. The molecule has 9 heteroatoms. The number of hydrogen-bond donors (Lipinski definition) is 1. The second-order valence-corrected chi connectivity index (χ2v) is 8.74. The number of hydrogen-bond acceptors (Lipinski definition) is 7. The van der Waals surface area contributed by atoms with Crippen LogP contribution in [0.2, 0.25) is 0 Å². The van der Waals surface area contributed by atoms with Crippen LogP contribution in [0, 0.1) is 17.8 Å². The Morgan fingerprint density at radius 1 is 1.38 bits per heavy atom.